The Balaban J connectivity index is 2.12. The molecular formula is C9H15N3S2. The molecule has 1 fully saturated rings. The molecule has 1 saturated heterocycles. The van der Waals surface area contributed by atoms with E-state index in [1.54, 1.807) is 11.3 Å². The summed E-state index contributed by atoms with van der Waals surface area (Å²) in [4.78, 5) is 6.90. The van der Waals surface area contributed by atoms with Crippen LogP contribution < -0.4 is 10.6 Å². The van der Waals surface area contributed by atoms with Crippen LogP contribution in [0.5, 0.6) is 0 Å². The number of thioether (sulfide) groups is 1. The average Bonchev–Trinajstić information content (AvgIpc) is 2.67. The van der Waals surface area contributed by atoms with Gasteiger partial charge in [-0.1, -0.05) is 0 Å². The van der Waals surface area contributed by atoms with Gasteiger partial charge in [-0.15, -0.1) is 11.3 Å². The van der Waals surface area contributed by atoms with Gasteiger partial charge in [-0.3, -0.25) is 0 Å². The van der Waals surface area contributed by atoms with Crippen LogP contribution in [-0.4, -0.2) is 29.1 Å². The zero-order valence-electron chi connectivity index (χ0n) is 8.27. The number of hydrogen-bond acceptors (Lipinski definition) is 5. The fourth-order valence-corrected chi connectivity index (χ4v) is 3.51. The molecule has 2 heterocycles. The van der Waals surface area contributed by atoms with Crippen molar-refractivity contribution in [2.24, 2.45) is 5.73 Å². The standard InChI is InChI=1S/C9H15N3S2/c1-7-5-13-3-2-12(7)9-11-8(4-10)6-14-9/h6-7H,2-5,10H2,1H3. The maximum absolute atomic E-state index is 5.55. The third kappa shape index (κ3) is 2.04. The lowest BCUT2D eigenvalue weighted by atomic mass is 10.3. The van der Waals surface area contributed by atoms with Crippen molar-refractivity contribution in [3.63, 3.8) is 0 Å². The molecule has 1 aromatic rings. The van der Waals surface area contributed by atoms with Crippen LogP contribution in [-0.2, 0) is 6.54 Å². The van der Waals surface area contributed by atoms with Crippen molar-refractivity contribution in [2.45, 2.75) is 19.5 Å². The first-order valence-corrected chi connectivity index (χ1v) is 6.83. The topological polar surface area (TPSA) is 42.2 Å². The van der Waals surface area contributed by atoms with Gasteiger partial charge in [-0.25, -0.2) is 4.98 Å². The summed E-state index contributed by atoms with van der Waals surface area (Å²) in [5, 5.41) is 3.20. The second kappa shape index (κ2) is 4.51. The molecule has 0 saturated carbocycles. The summed E-state index contributed by atoms with van der Waals surface area (Å²) in [7, 11) is 0. The van der Waals surface area contributed by atoms with E-state index in [-0.39, 0.29) is 0 Å². The Morgan fingerprint density at radius 1 is 1.71 bits per heavy atom. The van der Waals surface area contributed by atoms with Crippen LogP contribution in [0.15, 0.2) is 5.38 Å². The van der Waals surface area contributed by atoms with Gasteiger partial charge in [0.2, 0.25) is 0 Å². The van der Waals surface area contributed by atoms with Gasteiger partial charge in [0.1, 0.15) is 0 Å². The van der Waals surface area contributed by atoms with E-state index in [2.05, 4.69) is 22.2 Å². The first-order valence-electron chi connectivity index (χ1n) is 4.80. The van der Waals surface area contributed by atoms with Crippen LogP contribution in [0.2, 0.25) is 0 Å². The van der Waals surface area contributed by atoms with Gasteiger partial charge >= 0.3 is 0 Å². The minimum atomic E-state index is 0.549. The Bertz CT molecular complexity index is 300. The van der Waals surface area contributed by atoms with E-state index in [9.17, 15) is 0 Å². The van der Waals surface area contributed by atoms with Crippen LogP contribution >= 0.6 is 23.1 Å². The van der Waals surface area contributed by atoms with Crippen molar-refractivity contribution in [2.75, 3.05) is 23.0 Å². The lowest BCUT2D eigenvalue weighted by molar-refractivity contribution is 0.695. The molecule has 1 aromatic heterocycles. The summed E-state index contributed by atoms with van der Waals surface area (Å²) < 4.78 is 0. The van der Waals surface area contributed by atoms with Crippen LogP contribution in [0.3, 0.4) is 0 Å². The van der Waals surface area contributed by atoms with E-state index in [4.69, 9.17) is 5.73 Å². The predicted molar refractivity (Wildman–Crippen MR) is 64.1 cm³/mol. The average molecular weight is 229 g/mol. The fraction of sp³-hybridized carbons (Fsp3) is 0.667. The van der Waals surface area contributed by atoms with E-state index in [0.29, 0.717) is 12.6 Å². The lowest BCUT2D eigenvalue weighted by Gasteiger charge is -2.32. The highest BCUT2D eigenvalue weighted by Gasteiger charge is 2.20. The Morgan fingerprint density at radius 2 is 2.57 bits per heavy atom. The number of nitrogens with zero attached hydrogens (tertiary/aromatic N) is 2. The van der Waals surface area contributed by atoms with Crippen LogP contribution in [0.4, 0.5) is 5.13 Å². The van der Waals surface area contributed by atoms with Crippen molar-refractivity contribution < 1.29 is 0 Å². The highest BCUT2D eigenvalue weighted by atomic mass is 32.2. The molecular weight excluding hydrogens is 214 g/mol. The smallest absolute Gasteiger partial charge is 0.185 e. The second-order valence-corrected chi connectivity index (χ2v) is 5.43. The van der Waals surface area contributed by atoms with Crippen molar-refractivity contribution in [3.05, 3.63) is 11.1 Å². The SMILES string of the molecule is CC1CSCCN1c1nc(CN)cs1. The summed E-state index contributed by atoms with van der Waals surface area (Å²) >= 11 is 3.73. The first-order chi connectivity index (χ1) is 6.81. The van der Waals surface area contributed by atoms with E-state index >= 15 is 0 Å². The predicted octanol–water partition coefficient (Wildman–Crippen LogP) is 1.54. The molecule has 0 radical (unpaired) electrons. The minimum absolute atomic E-state index is 0.549. The zero-order chi connectivity index (χ0) is 9.97. The quantitative estimate of drug-likeness (QED) is 0.835. The molecule has 0 aliphatic carbocycles. The van der Waals surface area contributed by atoms with Gasteiger partial charge in [0.25, 0.3) is 0 Å². The molecule has 1 unspecified atom stereocenters. The van der Waals surface area contributed by atoms with Crippen molar-refractivity contribution in [3.8, 4) is 0 Å². The van der Waals surface area contributed by atoms with Crippen molar-refractivity contribution >= 4 is 28.2 Å². The summed E-state index contributed by atoms with van der Waals surface area (Å²) in [5.41, 5.74) is 6.56. The largest absolute Gasteiger partial charge is 0.344 e. The van der Waals surface area contributed by atoms with E-state index < -0.39 is 0 Å². The number of nitrogens with two attached hydrogens (primary N) is 1. The van der Waals surface area contributed by atoms with Gasteiger partial charge in [0.15, 0.2) is 5.13 Å². The molecule has 14 heavy (non-hydrogen) atoms. The summed E-state index contributed by atoms with van der Waals surface area (Å²) in [6.07, 6.45) is 0. The minimum Gasteiger partial charge on any atom is -0.344 e. The van der Waals surface area contributed by atoms with Gasteiger partial charge in [0.05, 0.1) is 5.69 Å². The van der Waals surface area contributed by atoms with Gasteiger partial charge in [-0.2, -0.15) is 11.8 Å². The number of rotatable bonds is 2. The molecule has 0 aromatic carbocycles. The molecule has 0 bridgehead atoms. The number of anilines is 1. The Labute approximate surface area is 92.7 Å². The van der Waals surface area contributed by atoms with E-state index in [1.807, 2.05) is 11.8 Å². The maximum atomic E-state index is 5.55. The molecule has 0 spiro atoms. The Hall–Kier alpha value is -0.260. The third-order valence-electron chi connectivity index (χ3n) is 2.36. The first kappa shape index (κ1) is 10.3. The van der Waals surface area contributed by atoms with Crippen molar-refractivity contribution in [1.82, 2.24) is 4.98 Å². The molecule has 1 aliphatic heterocycles. The molecule has 5 heteroatoms. The monoisotopic (exact) mass is 229 g/mol. The lowest BCUT2D eigenvalue weighted by Crippen LogP contribution is -2.40. The highest BCUT2D eigenvalue weighted by molar-refractivity contribution is 7.99. The van der Waals surface area contributed by atoms with Gasteiger partial charge < -0.3 is 10.6 Å². The van der Waals surface area contributed by atoms with Crippen LogP contribution in [0.25, 0.3) is 0 Å². The van der Waals surface area contributed by atoms with E-state index in [0.717, 1.165) is 17.4 Å². The van der Waals surface area contributed by atoms with Crippen LogP contribution in [0, 0.1) is 0 Å². The summed E-state index contributed by atoms with van der Waals surface area (Å²) in [6, 6.07) is 0.602. The molecule has 2 rings (SSSR count). The van der Waals surface area contributed by atoms with Gasteiger partial charge in [-0.05, 0) is 6.92 Å². The van der Waals surface area contributed by atoms with E-state index in [1.165, 1.54) is 11.5 Å². The third-order valence-corrected chi connectivity index (χ3v) is 4.48. The summed E-state index contributed by atoms with van der Waals surface area (Å²) in [6.45, 7) is 3.92. The van der Waals surface area contributed by atoms with Crippen LogP contribution in [0.1, 0.15) is 12.6 Å². The second-order valence-electron chi connectivity index (χ2n) is 3.44. The normalized spacial score (nSPS) is 22.7. The Morgan fingerprint density at radius 3 is 3.21 bits per heavy atom. The Kier molecular flexibility index (Phi) is 3.30. The highest BCUT2D eigenvalue weighted by Crippen LogP contribution is 2.26. The van der Waals surface area contributed by atoms with Crippen molar-refractivity contribution in [1.29, 1.82) is 0 Å². The summed E-state index contributed by atoms with van der Waals surface area (Å²) in [5.74, 6) is 2.42. The number of aromatic nitrogens is 1. The fourth-order valence-electron chi connectivity index (χ4n) is 1.53. The van der Waals surface area contributed by atoms with Gasteiger partial charge in [0, 0.05) is 36.0 Å². The molecule has 78 valence electrons. The molecule has 3 nitrogen and oxygen atoms in total. The molecule has 1 atom stereocenters. The maximum Gasteiger partial charge on any atom is 0.185 e. The molecule has 1 aliphatic rings. The zero-order valence-corrected chi connectivity index (χ0v) is 9.90. The number of thiazole rings is 1. The molecule has 2 N–H and O–H groups in total. The number of hydrogen-bond donors (Lipinski definition) is 1. The molecule has 0 amide bonds.